The average Bonchev–Trinajstić information content (AvgIpc) is 2.54. The van der Waals surface area contributed by atoms with Gasteiger partial charge in [-0.15, -0.1) is 0 Å². The van der Waals surface area contributed by atoms with E-state index in [1.165, 1.54) is 19.2 Å². The number of methoxy groups -OCH3 is 1. The molecule has 2 rings (SSSR count). The van der Waals surface area contributed by atoms with Gasteiger partial charge in [0.25, 0.3) is 0 Å². The highest BCUT2D eigenvalue weighted by molar-refractivity contribution is 5.90. The monoisotopic (exact) mass is 322 g/mol. The van der Waals surface area contributed by atoms with Crippen molar-refractivity contribution in [3.05, 3.63) is 28.3 Å². The summed E-state index contributed by atoms with van der Waals surface area (Å²) >= 11 is 0. The number of anilines is 1. The maximum absolute atomic E-state index is 12.3. The molecule has 1 saturated heterocycles. The van der Waals surface area contributed by atoms with Gasteiger partial charge >= 0.3 is 11.7 Å². The van der Waals surface area contributed by atoms with Gasteiger partial charge in [0.1, 0.15) is 0 Å². The second-order valence-corrected chi connectivity index (χ2v) is 5.76. The van der Waals surface area contributed by atoms with Gasteiger partial charge in [-0.3, -0.25) is 10.1 Å². The number of hydrogen-bond acceptors (Lipinski definition) is 5. The Labute approximate surface area is 135 Å². The van der Waals surface area contributed by atoms with Crippen molar-refractivity contribution in [2.24, 2.45) is 0 Å². The van der Waals surface area contributed by atoms with Crippen LogP contribution in [0.2, 0.25) is 0 Å². The van der Waals surface area contributed by atoms with E-state index in [0.29, 0.717) is 24.8 Å². The summed E-state index contributed by atoms with van der Waals surface area (Å²) in [6.07, 6.45) is 1.84. The van der Waals surface area contributed by atoms with Crippen molar-refractivity contribution in [2.75, 3.05) is 39.6 Å². The van der Waals surface area contributed by atoms with Crippen LogP contribution in [0, 0.1) is 10.1 Å². The molecule has 1 fully saturated rings. The normalized spacial score (nSPS) is 15.6. The van der Waals surface area contributed by atoms with E-state index >= 15 is 0 Å². The molecular weight excluding hydrogens is 300 g/mol. The van der Waals surface area contributed by atoms with Gasteiger partial charge in [0, 0.05) is 30.9 Å². The average molecular weight is 322 g/mol. The second-order valence-electron chi connectivity index (χ2n) is 5.76. The number of ether oxygens (including phenoxy) is 1. The third kappa shape index (κ3) is 4.10. The summed E-state index contributed by atoms with van der Waals surface area (Å²) in [6.45, 7) is 1.35. The van der Waals surface area contributed by atoms with Gasteiger partial charge in [0.05, 0.1) is 12.0 Å². The number of carbonyl (C=O) groups excluding carboxylic acids is 1. The number of urea groups is 1. The SMILES string of the molecule is COc1ccc(NC(=O)N2CCC(N(C)C)CC2)cc1[N+](=O)[O-]. The van der Waals surface area contributed by atoms with Gasteiger partial charge in [-0.25, -0.2) is 4.79 Å². The minimum absolute atomic E-state index is 0.166. The first-order valence-corrected chi connectivity index (χ1v) is 7.47. The number of nitrogens with one attached hydrogen (secondary N) is 1. The molecule has 0 aromatic heterocycles. The van der Waals surface area contributed by atoms with Crippen molar-refractivity contribution >= 4 is 17.4 Å². The lowest BCUT2D eigenvalue weighted by molar-refractivity contribution is -0.385. The lowest BCUT2D eigenvalue weighted by atomic mass is 10.0. The van der Waals surface area contributed by atoms with Crippen LogP contribution in [0.4, 0.5) is 16.2 Å². The smallest absolute Gasteiger partial charge is 0.321 e. The third-order valence-corrected chi connectivity index (χ3v) is 4.11. The van der Waals surface area contributed by atoms with Gasteiger partial charge in [0.2, 0.25) is 0 Å². The predicted octanol–water partition coefficient (Wildman–Crippen LogP) is 2.16. The molecule has 1 aromatic rings. The van der Waals surface area contributed by atoms with Crippen LogP contribution in [0.25, 0.3) is 0 Å². The highest BCUT2D eigenvalue weighted by atomic mass is 16.6. The molecule has 1 N–H and O–H groups in total. The summed E-state index contributed by atoms with van der Waals surface area (Å²) in [4.78, 5) is 26.7. The molecule has 8 nitrogen and oxygen atoms in total. The van der Waals surface area contributed by atoms with Crippen LogP contribution < -0.4 is 10.1 Å². The summed E-state index contributed by atoms with van der Waals surface area (Å²) in [5.41, 5.74) is 0.217. The van der Waals surface area contributed by atoms with E-state index in [2.05, 4.69) is 10.2 Å². The van der Waals surface area contributed by atoms with Crippen molar-refractivity contribution < 1.29 is 14.5 Å². The number of nitro groups is 1. The molecule has 0 saturated carbocycles. The minimum atomic E-state index is -0.531. The Morgan fingerprint density at radius 1 is 1.39 bits per heavy atom. The summed E-state index contributed by atoms with van der Waals surface area (Å²) < 4.78 is 4.95. The minimum Gasteiger partial charge on any atom is -0.490 e. The van der Waals surface area contributed by atoms with Crippen LogP contribution in [0.5, 0.6) is 5.75 Å². The molecule has 0 radical (unpaired) electrons. The number of hydrogen-bond donors (Lipinski definition) is 1. The predicted molar refractivity (Wildman–Crippen MR) is 86.9 cm³/mol. The van der Waals surface area contributed by atoms with Crippen molar-refractivity contribution in [2.45, 2.75) is 18.9 Å². The fraction of sp³-hybridized carbons (Fsp3) is 0.533. The zero-order chi connectivity index (χ0) is 17.0. The topological polar surface area (TPSA) is 88.0 Å². The summed E-state index contributed by atoms with van der Waals surface area (Å²) in [5, 5.41) is 13.7. The van der Waals surface area contributed by atoms with Crippen LogP contribution >= 0.6 is 0 Å². The molecule has 1 aromatic carbocycles. The molecule has 1 aliphatic heterocycles. The molecule has 2 amide bonds. The molecule has 23 heavy (non-hydrogen) atoms. The first kappa shape index (κ1) is 17.0. The van der Waals surface area contributed by atoms with Crippen LogP contribution in [-0.2, 0) is 0 Å². The Morgan fingerprint density at radius 2 is 2.04 bits per heavy atom. The number of carbonyl (C=O) groups is 1. The van der Waals surface area contributed by atoms with Crippen molar-refractivity contribution in [3.8, 4) is 5.75 Å². The van der Waals surface area contributed by atoms with Crippen LogP contribution in [0.3, 0.4) is 0 Å². The molecular formula is C15H22N4O4. The zero-order valence-corrected chi connectivity index (χ0v) is 13.6. The Kier molecular flexibility index (Phi) is 5.38. The van der Waals surface area contributed by atoms with E-state index in [0.717, 1.165) is 12.8 Å². The molecule has 0 bridgehead atoms. The maximum atomic E-state index is 12.3. The Morgan fingerprint density at radius 3 is 2.57 bits per heavy atom. The van der Waals surface area contributed by atoms with Crippen molar-refractivity contribution in [1.82, 2.24) is 9.80 Å². The Balaban J connectivity index is 2.01. The van der Waals surface area contributed by atoms with E-state index in [1.807, 2.05) is 14.1 Å². The lowest BCUT2D eigenvalue weighted by Gasteiger charge is -2.35. The van der Waals surface area contributed by atoms with Crippen molar-refractivity contribution in [3.63, 3.8) is 0 Å². The van der Waals surface area contributed by atoms with Crippen molar-refractivity contribution in [1.29, 1.82) is 0 Å². The first-order valence-electron chi connectivity index (χ1n) is 7.47. The van der Waals surface area contributed by atoms with Gasteiger partial charge in [0.15, 0.2) is 5.75 Å². The van der Waals surface area contributed by atoms with E-state index in [4.69, 9.17) is 4.74 Å². The fourth-order valence-corrected chi connectivity index (χ4v) is 2.70. The van der Waals surface area contributed by atoms with E-state index in [-0.39, 0.29) is 17.5 Å². The fourth-order valence-electron chi connectivity index (χ4n) is 2.70. The molecule has 0 atom stereocenters. The molecule has 0 spiro atoms. The van der Waals surface area contributed by atoms with Gasteiger partial charge in [-0.1, -0.05) is 0 Å². The Bertz CT molecular complexity index is 583. The van der Waals surface area contributed by atoms with Crippen LogP contribution in [-0.4, -0.2) is 61.1 Å². The number of nitro benzene ring substituents is 1. The van der Waals surface area contributed by atoms with E-state index in [9.17, 15) is 14.9 Å². The largest absolute Gasteiger partial charge is 0.490 e. The first-order chi connectivity index (χ1) is 10.9. The van der Waals surface area contributed by atoms with Gasteiger partial charge in [-0.2, -0.15) is 0 Å². The second kappa shape index (κ2) is 7.28. The van der Waals surface area contributed by atoms with Crippen LogP contribution in [0.15, 0.2) is 18.2 Å². The zero-order valence-electron chi connectivity index (χ0n) is 13.6. The maximum Gasteiger partial charge on any atom is 0.321 e. The third-order valence-electron chi connectivity index (χ3n) is 4.11. The highest BCUT2D eigenvalue weighted by Gasteiger charge is 2.24. The summed E-state index contributed by atoms with van der Waals surface area (Å²) in [6, 6.07) is 4.63. The van der Waals surface area contributed by atoms with Crippen LogP contribution in [0.1, 0.15) is 12.8 Å². The quantitative estimate of drug-likeness (QED) is 0.678. The molecule has 1 heterocycles. The number of nitrogens with zero attached hydrogens (tertiary/aromatic N) is 3. The molecule has 126 valence electrons. The summed E-state index contributed by atoms with van der Waals surface area (Å²) in [5.74, 6) is 0.166. The molecule has 1 aliphatic rings. The van der Waals surface area contributed by atoms with Gasteiger partial charge in [-0.05, 0) is 39.1 Å². The lowest BCUT2D eigenvalue weighted by Crippen LogP contribution is -2.46. The number of likely N-dealkylation sites (tertiary alicyclic amines) is 1. The molecule has 0 aliphatic carbocycles. The molecule has 8 heteroatoms. The molecule has 0 unspecified atom stereocenters. The number of amides is 2. The van der Waals surface area contributed by atoms with Gasteiger partial charge < -0.3 is 19.9 Å². The summed E-state index contributed by atoms with van der Waals surface area (Å²) in [7, 11) is 5.45. The standard InChI is InChI=1S/C15H22N4O4/c1-17(2)12-6-8-18(9-7-12)15(20)16-11-4-5-14(23-3)13(10-11)19(21)22/h4-5,10,12H,6-9H2,1-3H3,(H,16,20). The number of piperidine rings is 1. The number of benzene rings is 1. The van der Waals surface area contributed by atoms with E-state index in [1.54, 1.807) is 11.0 Å². The van der Waals surface area contributed by atoms with E-state index < -0.39 is 4.92 Å². The highest BCUT2D eigenvalue weighted by Crippen LogP contribution is 2.29. The Hall–Kier alpha value is -2.35. The number of rotatable bonds is 4.